The van der Waals surface area contributed by atoms with Crippen molar-refractivity contribution in [1.29, 1.82) is 0 Å². The van der Waals surface area contributed by atoms with Crippen LogP contribution in [0.2, 0.25) is 0 Å². The van der Waals surface area contributed by atoms with Crippen LogP contribution in [0.4, 0.5) is 5.13 Å². The molecule has 1 heterocycles. The third-order valence-electron chi connectivity index (χ3n) is 1.31. The topological polar surface area (TPSA) is 79.3 Å². The highest BCUT2D eigenvalue weighted by Gasteiger charge is 2.13. The molecule has 1 aromatic rings. The number of amides is 1. The molecular weight excluding hydrogens is 228 g/mol. The molecule has 0 bridgehead atoms. The standard InChI is InChI=1S/C7H7ClN2O3S/c1-3(8)5(11)10-7-9-2-4(14-7)6(12)13/h2-3H,1H3,(H,12,13)(H,9,10,11). The number of carbonyl (C=O) groups is 2. The summed E-state index contributed by atoms with van der Waals surface area (Å²) in [5.41, 5.74) is 0. The van der Waals surface area contributed by atoms with E-state index in [1.807, 2.05) is 0 Å². The Bertz CT molecular complexity index is 364. The molecular formula is C7H7ClN2O3S. The van der Waals surface area contributed by atoms with Crippen LogP contribution in [0, 0.1) is 0 Å². The highest BCUT2D eigenvalue weighted by molar-refractivity contribution is 7.17. The normalized spacial score (nSPS) is 12.1. The number of aromatic nitrogens is 1. The number of anilines is 1. The van der Waals surface area contributed by atoms with Gasteiger partial charge in [0, 0.05) is 0 Å². The Balaban J connectivity index is 2.69. The summed E-state index contributed by atoms with van der Waals surface area (Å²) in [6, 6.07) is 0. The van der Waals surface area contributed by atoms with Gasteiger partial charge in [-0.05, 0) is 6.92 Å². The van der Waals surface area contributed by atoms with Crippen LogP contribution in [0.1, 0.15) is 16.6 Å². The maximum atomic E-state index is 11.1. The molecule has 5 nitrogen and oxygen atoms in total. The molecule has 0 fully saturated rings. The van der Waals surface area contributed by atoms with Crippen LogP contribution in [0.5, 0.6) is 0 Å². The molecule has 0 aliphatic carbocycles. The summed E-state index contributed by atoms with van der Waals surface area (Å²) in [4.78, 5) is 25.3. The van der Waals surface area contributed by atoms with Gasteiger partial charge in [0.2, 0.25) is 5.91 Å². The number of hydrogen-bond donors (Lipinski definition) is 2. The molecule has 0 radical (unpaired) electrons. The van der Waals surface area contributed by atoms with E-state index in [1.165, 1.54) is 13.1 Å². The van der Waals surface area contributed by atoms with Crippen molar-refractivity contribution in [2.24, 2.45) is 0 Å². The van der Waals surface area contributed by atoms with E-state index < -0.39 is 17.3 Å². The molecule has 1 amide bonds. The number of nitrogens with one attached hydrogen (secondary N) is 1. The molecule has 1 atom stereocenters. The molecule has 2 N–H and O–H groups in total. The number of carbonyl (C=O) groups excluding carboxylic acids is 1. The lowest BCUT2D eigenvalue weighted by Gasteiger charge is -2.01. The molecule has 14 heavy (non-hydrogen) atoms. The molecule has 1 aromatic heterocycles. The van der Waals surface area contributed by atoms with E-state index >= 15 is 0 Å². The lowest BCUT2D eigenvalue weighted by molar-refractivity contribution is -0.115. The number of carboxylic acid groups (broad SMARTS) is 1. The van der Waals surface area contributed by atoms with Crippen LogP contribution < -0.4 is 5.32 Å². The fourth-order valence-corrected chi connectivity index (χ4v) is 1.35. The van der Waals surface area contributed by atoms with Crippen LogP contribution in [-0.2, 0) is 4.79 Å². The van der Waals surface area contributed by atoms with Crippen molar-refractivity contribution in [3.05, 3.63) is 11.1 Å². The number of hydrogen-bond acceptors (Lipinski definition) is 4. The minimum atomic E-state index is -1.07. The quantitative estimate of drug-likeness (QED) is 0.775. The number of rotatable bonds is 3. The van der Waals surface area contributed by atoms with Crippen molar-refractivity contribution in [3.63, 3.8) is 0 Å². The number of nitrogens with zero attached hydrogens (tertiary/aromatic N) is 1. The van der Waals surface area contributed by atoms with Gasteiger partial charge in [0.05, 0.1) is 6.20 Å². The molecule has 0 aromatic carbocycles. The molecule has 7 heteroatoms. The van der Waals surface area contributed by atoms with Gasteiger partial charge in [0.1, 0.15) is 10.3 Å². The van der Waals surface area contributed by atoms with Crippen molar-refractivity contribution in [1.82, 2.24) is 4.98 Å². The average Bonchev–Trinajstić information content (AvgIpc) is 2.52. The van der Waals surface area contributed by atoms with Gasteiger partial charge in [-0.1, -0.05) is 11.3 Å². The van der Waals surface area contributed by atoms with Crippen LogP contribution in [0.25, 0.3) is 0 Å². The summed E-state index contributed by atoms with van der Waals surface area (Å²) < 4.78 is 0. The van der Waals surface area contributed by atoms with Crippen molar-refractivity contribution in [3.8, 4) is 0 Å². The van der Waals surface area contributed by atoms with Gasteiger partial charge >= 0.3 is 5.97 Å². The molecule has 1 unspecified atom stereocenters. The van der Waals surface area contributed by atoms with E-state index in [1.54, 1.807) is 0 Å². The highest BCUT2D eigenvalue weighted by Crippen LogP contribution is 2.18. The first kappa shape index (κ1) is 10.9. The second kappa shape index (κ2) is 4.39. The van der Waals surface area contributed by atoms with E-state index in [4.69, 9.17) is 16.7 Å². The van der Waals surface area contributed by atoms with Crippen LogP contribution >= 0.6 is 22.9 Å². The Hall–Kier alpha value is -1.14. The number of alkyl halides is 1. The SMILES string of the molecule is CC(Cl)C(=O)Nc1ncc(C(=O)O)s1. The first-order chi connectivity index (χ1) is 6.50. The Kier molecular flexibility index (Phi) is 3.43. The van der Waals surface area contributed by atoms with E-state index in [0.29, 0.717) is 0 Å². The first-order valence-corrected chi connectivity index (χ1v) is 4.90. The third kappa shape index (κ3) is 2.68. The van der Waals surface area contributed by atoms with Crippen LogP contribution in [0.3, 0.4) is 0 Å². The van der Waals surface area contributed by atoms with Gasteiger partial charge in [0.25, 0.3) is 0 Å². The number of aromatic carboxylic acids is 1. The predicted molar refractivity (Wildman–Crippen MR) is 53.0 cm³/mol. The van der Waals surface area contributed by atoms with Crippen molar-refractivity contribution < 1.29 is 14.7 Å². The Labute approximate surface area is 88.7 Å². The molecule has 0 spiro atoms. The lowest BCUT2D eigenvalue weighted by atomic mass is 10.4. The summed E-state index contributed by atoms with van der Waals surface area (Å²) in [7, 11) is 0. The van der Waals surface area contributed by atoms with E-state index in [9.17, 15) is 9.59 Å². The zero-order valence-electron chi connectivity index (χ0n) is 7.15. The summed E-state index contributed by atoms with van der Waals surface area (Å²) >= 11 is 6.38. The lowest BCUT2D eigenvalue weighted by Crippen LogP contribution is -2.19. The maximum absolute atomic E-state index is 11.1. The van der Waals surface area contributed by atoms with E-state index in [2.05, 4.69) is 10.3 Å². The average molecular weight is 235 g/mol. The molecule has 76 valence electrons. The van der Waals surface area contributed by atoms with Crippen molar-refractivity contribution in [2.75, 3.05) is 5.32 Å². The fraction of sp³-hybridized carbons (Fsp3) is 0.286. The molecule has 0 saturated carbocycles. The predicted octanol–water partition coefficient (Wildman–Crippen LogP) is 1.41. The van der Waals surface area contributed by atoms with Crippen molar-refractivity contribution >= 4 is 39.9 Å². The minimum absolute atomic E-state index is 0.0718. The maximum Gasteiger partial charge on any atom is 0.347 e. The molecule has 0 aliphatic rings. The zero-order chi connectivity index (χ0) is 10.7. The van der Waals surface area contributed by atoms with Gasteiger partial charge in [0.15, 0.2) is 5.13 Å². The van der Waals surface area contributed by atoms with Crippen LogP contribution in [0.15, 0.2) is 6.20 Å². The van der Waals surface area contributed by atoms with Gasteiger partial charge in [-0.3, -0.25) is 4.79 Å². The first-order valence-electron chi connectivity index (χ1n) is 3.64. The largest absolute Gasteiger partial charge is 0.477 e. The number of carboxylic acids is 1. The minimum Gasteiger partial charge on any atom is -0.477 e. The third-order valence-corrected chi connectivity index (χ3v) is 2.41. The smallest absolute Gasteiger partial charge is 0.347 e. The van der Waals surface area contributed by atoms with E-state index in [-0.39, 0.29) is 10.0 Å². The summed E-state index contributed by atoms with van der Waals surface area (Å²) in [6.07, 6.45) is 1.18. The second-order valence-electron chi connectivity index (χ2n) is 2.44. The van der Waals surface area contributed by atoms with Crippen molar-refractivity contribution in [2.45, 2.75) is 12.3 Å². The molecule has 1 rings (SSSR count). The Morgan fingerprint density at radius 2 is 2.36 bits per heavy atom. The van der Waals surface area contributed by atoms with Gasteiger partial charge in [-0.2, -0.15) is 0 Å². The number of thiazole rings is 1. The molecule has 0 aliphatic heterocycles. The zero-order valence-corrected chi connectivity index (χ0v) is 8.72. The monoisotopic (exact) mass is 234 g/mol. The Morgan fingerprint density at radius 3 is 2.79 bits per heavy atom. The Morgan fingerprint density at radius 1 is 1.71 bits per heavy atom. The van der Waals surface area contributed by atoms with Gasteiger partial charge in [-0.15, -0.1) is 11.6 Å². The van der Waals surface area contributed by atoms with E-state index in [0.717, 1.165) is 11.3 Å². The van der Waals surface area contributed by atoms with Gasteiger partial charge in [-0.25, -0.2) is 9.78 Å². The summed E-state index contributed by atoms with van der Waals surface area (Å²) in [5.74, 6) is -1.47. The highest BCUT2D eigenvalue weighted by atomic mass is 35.5. The second-order valence-corrected chi connectivity index (χ2v) is 4.13. The summed E-state index contributed by atoms with van der Waals surface area (Å²) in [5, 5.41) is 10.5. The number of halogens is 1. The molecule has 0 saturated heterocycles. The fourth-order valence-electron chi connectivity index (χ4n) is 0.636. The van der Waals surface area contributed by atoms with Crippen LogP contribution in [-0.4, -0.2) is 27.3 Å². The van der Waals surface area contributed by atoms with Gasteiger partial charge < -0.3 is 10.4 Å². The summed E-state index contributed by atoms with van der Waals surface area (Å²) in [6.45, 7) is 1.52.